The van der Waals surface area contributed by atoms with Crippen LogP contribution in [0.5, 0.6) is 11.8 Å². The lowest BCUT2D eigenvalue weighted by molar-refractivity contribution is -0.135. The number of fused-ring (bicyclic) bond motifs is 4. The quantitative estimate of drug-likeness (QED) is 0.103. The smallest absolute Gasteiger partial charge is 0.409 e. The van der Waals surface area contributed by atoms with Gasteiger partial charge in [0, 0.05) is 68.9 Å². The van der Waals surface area contributed by atoms with Crippen LogP contribution in [0.4, 0.5) is 19.4 Å². The van der Waals surface area contributed by atoms with Crippen molar-refractivity contribution in [2.45, 2.75) is 108 Å². The molecule has 0 saturated carbocycles. The molecule has 19 heteroatoms. The number of imidazole rings is 1. The van der Waals surface area contributed by atoms with Crippen LogP contribution in [0.2, 0.25) is 0 Å². The van der Waals surface area contributed by atoms with E-state index in [1.54, 1.807) is 31.0 Å². The van der Waals surface area contributed by atoms with Crippen LogP contribution in [0, 0.1) is 29.4 Å². The maximum absolute atomic E-state index is 17.2. The van der Waals surface area contributed by atoms with Crippen LogP contribution in [0.1, 0.15) is 95.2 Å². The van der Waals surface area contributed by atoms with E-state index >= 15 is 8.78 Å². The van der Waals surface area contributed by atoms with Crippen LogP contribution in [0.25, 0.3) is 44.0 Å². The molecule has 5 aliphatic heterocycles. The van der Waals surface area contributed by atoms with E-state index in [0.717, 1.165) is 37.8 Å². The number of aryl methyl sites for hydroxylation is 2. The molecule has 1 unspecified atom stereocenters. The number of aromatic hydroxyl groups is 1. The number of carbonyl (C=O) groups excluding carboxylic acids is 3. The number of rotatable bonds is 9. The van der Waals surface area contributed by atoms with Gasteiger partial charge in [0.05, 0.1) is 27.6 Å². The first-order valence-electron chi connectivity index (χ1n) is 25.8. The number of phenolic OH excluding ortho intramolecular Hbond substituents is 1. The maximum atomic E-state index is 17.2. The molecule has 5 fully saturated rings. The minimum Gasteiger partial charge on any atom is -0.508 e. The summed E-state index contributed by atoms with van der Waals surface area (Å²) in [7, 11) is 1.65. The lowest BCUT2D eigenvalue weighted by atomic mass is 9.94. The third kappa shape index (κ3) is 8.95. The van der Waals surface area contributed by atoms with Gasteiger partial charge in [0.15, 0.2) is 5.82 Å². The molecule has 3 amide bonds. The summed E-state index contributed by atoms with van der Waals surface area (Å²) in [5.74, 6) is 4.88. The largest absolute Gasteiger partial charge is 0.508 e. The molecule has 4 atom stereocenters. The van der Waals surface area contributed by atoms with Crippen molar-refractivity contribution >= 4 is 56.4 Å². The van der Waals surface area contributed by atoms with E-state index in [1.807, 2.05) is 24.0 Å². The Morgan fingerprint density at radius 1 is 0.959 bits per heavy atom. The van der Waals surface area contributed by atoms with Crippen LogP contribution in [-0.2, 0) is 27.8 Å². The van der Waals surface area contributed by atoms with E-state index in [4.69, 9.17) is 14.5 Å². The lowest BCUT2D eigenvalue weighted by Gasteiger charge is -2.38. The summed E-state index contributed by atoms with van der Waals surface area (Å²) in [6, 6.07) is 10.4. The topological polar surface area (TPSA) is 197 Å². The number of pyridine rings is 1. The maximum Gasteiger partial charge on any atom is 0.409 e. The Bertz CT molecular complexity index is 3390. The molecule has 5 aliphatic rings. The van der Waals surface area contributed by atoms with Gasteiger partial charge in [-0.1, -0.05) is 24.8 Å². The van der Waals surface area contributed by atoms with Crippen LogP contribution < -0.4 is 20.6 Å². The number of nitrogens with zero attached hydrogens (tertiary/aromatic N) is 8. The summed E-state index contributed by atoms with van der Waals surface area (Å²) in [4.78, 5) is 71.2. The van der Waals surface area contributed by atoms with Crippen molar-refractivity contribution in [1.82, 2.24) is 39.2 Å². The number of imide groups is 1. The van der Waals surface area contributed by atoms with Crippen molar-refractivity contribution in [3.8, 4) is 34.9 Å². The molecule has 74 heavy (non-hydrogen) atoms. The van der Waals surface area contributed by atoms with Gasteiger partial charge < -0.3 is 29.5 Å². The van der Waals surface area contributed by atoms with Crippen LogP contribution in [0.3, 0.4) is 0 Å². The fourth-order valence-corrected chi connectivity index (χ4v) is 12.3. The van der Waals surface area contributed by atoms with Gasteiger partial charge in [-0.05, 0) is 130 Å². The van der Waals surface area contributed by atoms with Gasteiger partial charge in [0.1, 0.15) is 47.9 Å². The summed E-state index contributed by atoms with van der Waals surface area (Å²) in [5.41, 5.74) is 0.680. The molecule has 0 radical (unpaired) electrons. The number of ether oxygens (including phenoxy) is 2. The monoisotopic (exact) mass is 1010 g/mol. The number of β-amino-alcohol motifs (C(OH)–C–C–N with tert-alkyl or cyclic N) is 1. The highest BCUT2D eigenvalue weighted by molar-refractivity contribution is 6.02. The number of likely N-dealkylation sites (tertiary alicyclic amines) is 1. The van der Waals surface area contributed by atoms with Gasteiger partial charge in [-0.3, -0.25) is 33.9 Å². The molecule has 386 valence electrons. The van der Waals surface area contributed by atoms with E-state index in [1.165, 1.54) is 33.5 Å². The summed E-state index contributed by atoms with van der Waals surface area (Å²) in [6.07, 6.45) is 7.83. The molecule has 0 bridgehead atoms. The zero-order chi connectivity index (χ0) is 51.6. The van der Waals surface area contributed by atoms with Crippen molar-refractivity contribution < 1.29 is 42.9 Å². The highest BCUT2D eigenvalue weighted by Gasteiger charge is 2.50. The number of benzene rings is 3. The molecule has 3 N–H and O–H groups in total. The molecule has 3 aromatic heterocycles. The SMILES string of the molecule is CCc1c(F)ccc2cc(O)cc(-c3ncc4c(N5CCC[C@@](C)(O)C5)nc(OC[C@@]56CCCN5[C@H](COC(=O)N5CCC(C#Cc7ccc8c(c7)n(C)c(=O)n8C7CCC(=O)NC7=O)CC5)CC6)nc4c3F)c12. The number of phenols is 1. The summed E-state index contributed by atoms with van der Waals surface area (Å²) < 4.78 is 47.9. The van der Waals surface area contributed by atoms with Crippen LogP contribution in [0.15, 0.2) is 53.5 Å². The average Bonchev–Trinajstić information content (AvgIpc) is 4.04. The average molecular weight is 1010 g/mol. The fourth-order valence-electron chi connectivity index (χ4n) is 12.3. The van der Waals surface area contributed by atoms with Crippen LogP contribution in [-0.4, -0.2) is 125 Å². The van der Waals surface area contributed by atoms with Crippen molar-refractivity contribution in [2.24, 2.45) is 13.0 Å². The number of hydrogen-bond donors (Lipinski definition) is 3. The van der Waals surface area contributed by atoms with Crippen molar-refractivity contribution in [3.05, 3.63) is 81.9 Å². The lowest BCUT2D eigenvalue weighted by Crippen LogP contribution is -2.48. The third-order valence-corrected chi connectivity index (χ3v) is 16.1. The Balaban J connectivity index is 0.757. The number of carbonyl (C=O) groups is 3. The fraction of sp³-hybridized carbons (Fsp3) is 0.473. The Labute approximate surface area is 425 Å². The molecule has 5 saturated heterocycles. The van der Waals surface area contributed by atoms with Gasteiger partial charge in [-0.2, -0.15) is 9.97 Å². The first kappa shape index (κ1) is 49.1. The van der Waals surface area contributed by atoms with E-state index in [-0.39, 0.29) is 96.3 Å². The predicted octanol–water partition coefficient (Wildman–Crippen LogP) is 6.65. The molecule has 0 spiro atoms. The molecule has 6 aromatic rings. The standard InChI is InChI=1S/C55H59F2N9O8/c1-4-37-40(56)11-10-34-26-36(67)27-38(45(34)37)47-46(57)48-39(28-58-47)49(64-21-5-18-54(2,72)30-64)61-51(60-48)74-31-55-19-6-22-65(55)35(15-20-55)29-73-53(71)63-23-16-32(17-24-63)7-8-33-9-12-41-43(25-33)62(3)52(70)66(41)42-13-14-44(68)59-50(42)69/h9-12,25-28,32,35,42,67,72H,4-6,13-24,29-31H2,1-3H3,(H,59,68,69)/t35-,42?,54+,55-/m0/s1. The van der Waals surface area contributed by atoms with Crippen molar-refractivity contribution in [2.75, 3.05) is 50.8 Å². The summed E-state index contributed by atoms with van der Waals surface area (Å²) in [5, 5.41) is 25.5. The molecular weight excluding hydrogens is 953 g/mol. The zero-order valence-corrected chi connectivity index (χ0v) is 41.8. The van der Waals surface area contributed by atoms with Crippen molar-refractivity contribution in [1.29, 1.82) is 0 Å². The summed E-state index contributed by atoms with van der Waals surface area (Å²) in [6.45, 7) is 6.60. The number of aromatic nitrogens is 5. The van der Waals surface area contributed by atoms with E-state index < -0.39 is 29.2 Å². The van der Waals surface area contributed by atoms with Gasteiger partial charge in [-0.15, -0.1) is 0 Å². The highest BCUT2D eigenvalue weighted by atomic mass is 19.1. The zero-order valence-electron chi connectivity index (χ0n) is 41.8. The minimum absolute atomic E-state index is 0.0316. The molecule has 17 nitrogen and oxygen atoms in total. The number of aliphatic hydroxyl groups is 1. The normalized spacial score (nSPS) is 23.6. The number of halogens is 2. The second-order valence-electron chi connectivity index (χ2n) is 21.0. The van der Waals surface area contributed by atoms with Gasteiger partial charge in [0.2, 0.25) is 11.8 Å². The van der Waals surface area contributed by atoms with E-state index in [2.05, 4.69) is 32.0 Å². The van der Waals surface area contributed by atoms with Crippen molar-refractivity contribution in [3.63, 3.8) is 0 Å². The second kappa shape index (κ2) is 19.3. The van der Waals surface area contributed by atoms with E-state index in [9.17, 15) is 29.4 Å². The Morgan fingerprint density at radius 3 is 2.55 bits per heavy atom. The van der Waals surface area contributed by atoms with E-state index in [0.29, 0.717) is 90.3 Å². The Hall–Kier alpha value is -7.17. The first-order chi connectivity index (χ1) is 35.6. The molecule has 11 rings (SSSR count). The number of nitrogens with one attached hydrogen (secondary N) is 1. The Morgan fingerprint density at radius 2 is 1.77 bits per heavy atom. The number of hydrogen-bond acceptors (Lipinski definition) is 13. The summed E-state index contributed by atoms with van der Waals surface area (Å²) >= 11 is 0. The molecule has 0 aliphatic carbocycles. The molecule has 3 aromatic carbocycles. The minimum atomic E-state index is -1.01. The second-order valence-corrected chi connectivity index (χ2v) is 21.0. The number of amides is 3. The number of piperidine rings is 3. The predicted molar refractivity (Wildman–Crippen MR) is 272 cm³/mol. The Kier molecular flexibility index (Phi) is 12.8. The first-order valence-corrected chi connectivity index (χ1v) is 25.8. The van der Waals surface area contributed by atoms with Gasteiger partial charge in [-0.25, -0.2) is 18.4 Å². The number of anilines is 1. The molecule has 8 heterocycles. The van der Waals surface area contributed by atoms with Crippen LogP contribution >= 0.6 is 0 Å². The third-order valence-electron chi connectivity index (χ3n) is 16.1. The highest BCUT2D eigenvalue weighted by Crippen LogP contribution is 2.44. The van der Waals surface area contributed by atoms with Gasteiger partial charge >= 0.3 is 17.8 Å². The molecular formula is C55H59F2N9O8. The van der Waals surface area contributed by atoms with Gasteiger partial charge in [0.25, 0.3) is 0 Å².